The van der Waals surface area contributed by atoms with Crippen molar-refractivity contribution in [3.63, 3.8) is 0 Å². The fourth-order valence-electron chi connectivity index (χ4n) is 1.86. The van der Waals surface area contributed by atoms with E-state index in [4.69, 9.17) is 4.74 Å². The molecule has 0 bridgehead atoms. The Morgan fingerprint density at radius 1 is 1.31 bits per heavy atom. The molecular weight excluding hydrogens is 273 g/mol. The Kier molecular flexibility index (Phi) is 4.18. The first-order chi connectivity index (χ1) is 7.75. The van der Waals surface area contributed by atoms with Crippen LogP contribution >= 0.6 is 15.9 Å². The zero-order chi connectivity index (χ0) is 11.4. The van der Waals surface area contributed by atoms with Gasteiger partial charge in [0.2, 0.25) is 0 Å². The summed E-state index contributed by atoms with van der Waals surface area (Å²) in [6.45, 7) is 1.98. The van der Waals surface area contributed by atoms with Crippen molar-refractivity contribution < 1.29 is 9.13 Å². The minimum atomic E-state index is -0.299. The highest BCUT2D eigenvalue weighted by Gasteiger charge is 2.15. The molecule has 16 heavy (non-hydrogen) atoms. The number of ether oxygens (including phenoxy) is 1. The van der Waals surface area contributed by atoms with Gasteiger partial charge in [-0.25, -0.2) is 4.39 Å². The maximum Gasteiger partial charge on any atom is 0.166 e. The number of hydrogen-bond acceptors (Lipinski definition) is 2. The van der Waals surface area contributed by atoms with Crippen LogP contribution < -0.4 is 10.1 Å². The molecule has 1 N–H and O–H groups in total. The number of halogens is 2. The van der Waals surface area contributed by atoms with Gasteiger partial charge in [0.05, 0.1) is 0 Å². The lowest BCUT2D eigenvalue weighted by Gasteiger charge is -2.17. The summed E-state index contributed by atoms with van der Waals surface area (Å²) in [5.74, 6) is 0.0571. The summed E-state index contributed by atoms with van der Waals surface area (Å²) in [5.41, 5.74) is 0. The summed E-state index contributed by atoms with van der Waals surface area (Å²) >= 11 is 3.23. The molecule has 0 aliphatic carbocycles. The first-order valence-electron chi connectivity index (χ1n) is 5.58. The van der Waals surface area contributed by atoms with E-state index in [1.165, 1.54) is 6.07 Å². The zero-order valence-corrected chi connectivity index (χ0v) is 10.6. The topological polar surface area (TPSA) is 21.3 Å². The molecule has 1 saturated heterocycles. The van der Waals surface area contributed by atoms with Gasteiger partial charge in [0, 0.05) is 4.47 Å². The molecule has 1 fully saturated rings. The average molecular weight is 288 g/mol. The van der Waals surface area contributed by atoms with Crippen molar-refractivity contribution in [2.45, 2.75) is 25.4 Å². The van der Waals surface area contributed by atoms with Gasteiger partial charge in [-0.05, 0) is 50.6 Å². The Morgan fingerprint density at radius 2 is 2.19 bits per heavy atom. The molecule has 1 unspecified atom stereocenters. The van der Waals surface area contributed by atoms with Crippen LogP contribution in [0.3, 0.4) is 0 Å². The molecule has 0 aromatic heterocycles. The predicted octanol–water partition coefficient (Wildman–Crippen LogP) is 3.11. The lowest BCUT2D eigenvalue weighted by Crippen LogP contribution is -2.19. The Hall–Kier alpha value is -0.610. The minimum absolute atomic E-state index is 0.130. The van der Waals surface area contributed by atoms with Gasteiger partial charge in [-0.1, -0.05) is 15.9 Å². The van der Waals surface area contributed by atoms with Crippen LogP contribution in [0.15, 0.2) is 22.7 Å². The van der Waals surface area contributed by atoms with Gasteiger partial charge in [-0.15, -0.1) is 0 Å². The summed E-state index contributed by atoms with van der Waals surface area (Å²) in [4.78, 5) is 0. The van der Waals surface area contributed by atoms with E-state index in [0.717, 1.165) is 36.8 Å². The molecule has 1 aliphatic rings. The van der Waals surface area contributed by atoms with E-state index in [2.05, 4.69) is 21.2 Å². The fourth-order valence-corrected chi connectivity index (χ4v) is 2.19. The molecule has 0 amide bonds. The van der Waals surface area contributed by atoms with E-state index in [1.54, 1.807) is 12.1 Å². The number of benzene rings is 1. The lowest BCUT2D eigenvalue weighted by atomic mass is 10.1. The van der Waals surface area contributed by atoms with Gasteiger partial charge in [-0.3, -0.25) is 0 Å². The van der Waals surface area contributed by atoms with Gasteiger partial charge >= 0.3 is 0 Å². The van der Waals surface area contributed by atoms with Crippen LogP contribution in [0.4, 0.5) is 4.39 Å². The van der Waals surface area contributed by atoms with Crippen LogP contribution in [0.25, 0.3) is 0 Å². The summed E-state index contributed by atoms with van der Waals surface area (Å²) in [6, 6.07) is 4.91. The quantitative estimate of drug-likeness (QED) is 0.903. The van der Waals surface area contributed by atoms with Crippen molar-refractivity contribution in [2.75, 3.05) is 13.1 Å². The smallest absolute Gasteiger partial charge is 0.166 e. The van der Waals surface area contributed by atoms with Crippen molar-refractivity contribution >= 4 is 15.9 Å². The van der Waals surface area contributed by atoms with E-state index >= 15 is 0 Å². The number of hydrogen-bond donors (Lipinski definition) is 1. The molecule has 1 aliphatic heterocycles. The second-order valence-electron chi connectivity index (χ2n) is 4.00. The molecule has 2 nitrogen and oxygen atoms in total. The standard InChI is InChI=1S/C12H15BrFNO/c13-9-3-4-12(11(14)8-9)16-10-2-1-6-15-7-5-10/h3-4,8,10,15H,1-2,5-7H2. The average Bonchev–Trinajstić information content (AvgIpc) is 2.51. The van der Waals surface area contributed by atoms with Gasteiger partial charge < -0.3 is 10.1 Å². The monoisotopic (exact) mass is 287 g/mol. The van der Waals surface area contributed by atoms with Gasteiger partial charge in [-0.2, -0.15) is 0 Å². The Balaban J connectivity index is 2.01. The summed E-state index contributed by atoms with van der Waals surface area (Å²) < 4.78 is 20.0. The van der Waals surface area contributed by atoms with E-state index in [-0.39, 0.29) is 11.9 Å². The molecule has 1 aromatic rings. The lowest BCUT2D eigenvalue weighted by molar-refractivity contribution is 0.179. The SMILES string of the molecule is Fc1cc(Br)ccc1OC1CCCNCC1. The van der Waals surface area contributed by atoms with E-state index < -0.39 is 0 Å². The van der Waals surface area contributed by atoms with Crippen LogP contribution in [-0.4, -0.2) is 19.2 Å². The van der Waals surface area contributed by atoms with Crippen LogP contribution in [0.1, 0.15) is 19.3 Å². The number of rotatable bonds is 2. The molecular formula is C12H15BrFNO. The van der Waals surface area contributed by atoms with Crippen LogP contribution in [0, 0.1) is 5.82 Å². The maximum atomic E-state index is 13.5. The van der Waals surface area contributed by atoms with Crippen molar-refractivity contribution in [3.05, 3.63) is 28.5 Å². The first-order valence-corrected chi connectivity index (χ1v) is 6.37. The largest absolute Gasteiger partial charge is 0.487 e. The van der Waals surface area contributed by atoms with E-state index in [1.807, 2.05) is 0 Å². The molecule has 2 rings (SSSR count). The van der Waals surface area contributed by atoms with Gasteiger partial charge in [0.25, 0.3) is 0 Å². The second-order valence-corrected chi connectivity index (χ2v) is 4.91. The van der Waals surface area contributed by atoms with Crippen molar-refractivity contribution in [1.29, 1.82) is 0 Å². The Morgan fingerprint density at radius 3 is 3.00 bits per heavy atom. The molecule has 1 heterocycles. The van der Waals surface area contributed by atoms with Gasteiger partial charge in [0.1, 0.15) is 6.10 Å². The molecule has 1 aromatic carbocycles. The third-order valence-electron chi connectivity index (χ3n) is 2.71. The van der Waals surface area contributed by atoms with Crippen LogP contribution in [0.2, 0.25) is 0 Å². The molecule has 0 radical (unpaired) electrons. The highest BCUT2D eigenvalue weighted by atomic mass is 79.9. The number of nitrogens with one attached hydrogen (secondary N) is 1. The third-order valence-corrected chi connectivity index (χ3v) is 3.20. The minimum Gasteiger partial charge on any atom is -0.487 e. The Labute approximate surface area is 103 Å². The van der Waals surface area contributed by atoms with Crippen molar-refractivity contribution in [2.24, 2.45) is 0 Å². The predicted molar refractivity (Wildman–Crippen MR) is 65.2 cm³/mol. The molecule has 0 spiro atoms. The summed E-state index contributed by atoms with van der Waals surface area (Å²) in [5, 5.41) is 3.31. The zero-order valence-electron chi connectivity index (χ0n) is 9.01. The van der Waals surface area contributed by atoms with Gasteiger partial charge in [0.15, 0.2) is 11.6 Å². The summed E-state index contributed by atoms with van der Waals surface area (Å²) in [6.07, 6.45) is 3.14. The molecule has 0 saturated carbocycles. The van der Waals surface area contributed by atoms with E-state index in [0.29, 0.717) is 5.75 Å². The van der Waals surface area contributed by atoms with Crippen LogP contribution in [-0.2, 0) is 0 Å². The Bertz CT molecular complexity index is 351. The third kappa shape index (κ3) is 3.19. The van der Waals surface area contributed by atoms with Crippen molar-refractivity contribution in [1.82, 2.24) is 5.32 Å². The molecule has 88 valence electrons. The highest BCUT2D eigenvalue weighted by Crippen LogP contribution is 2.24. The van der Waals surface area contributed by atoms with E-state index in [9.17, 15) is 4.39 Å². The molecule has 1 atom stereocenters. The molecule has 4 heteroatoms. The van der Waals surface area contributed by atoms with Crippen molar-refractivity contribution in [3.8, 4) is 5.75 Å². The van der Waals surface area contributed by atoms with Crippen LogP contribution in [0.5, 0.6) is 5.75 Å². The highest BCUT2D eigenvalue weighted by molar-refractivity contribution is 9.10. The summed E-state index contributed by atoms with van der Waals surface area (Å²) in [7, 11) is 0. The second kappa shape index (κ2) is 5.64. The fraction of sp³-hybridized carbons (Fsp3) is 0.500. The normalized spacial score (nSPS) is 21.5. The first kappa shape index (κ1) is 11.9. The maximum absolute atomic E-state index is 13.5.